The molecule has 2 N–H and O–H groups in total. The van der Waals surface area contributed by atoms with Gasteiger partial charge in [0.2, 0.25) is 0 Å². The Labute approximate surface area is 101 Å². The van der Waals surface area contributed by atoms with E-state index in [1.54, 1.807) is 0 Å². The zero-order valence-electron chi connectivity index (χ0n) is 11.1. The molecular formula is C13H29N3. The third-order valence-electron chi connectivity index (χ3n) is 3.58. The summed E-state index contributed by atoms with van der Waals surface area (Å²) in [7, 11) is 2.24. The molecule has 96 valence electrons. The Balaban J connectivity index is 2.14. The van der Waals surface area contributed by atoms with Crippen molar-refractivity contribution in [2.24, 2.45) is 5.73 Å². The smallest absolute Gasteiger partial charge is 0.0194 e. The van der Waals surface area contributed by atoms with Crippen LogP contribution >= 0.6 is 0 Å². The van der Waals surface area contributed by atoms with Crippen molar-refractivity contribution in [1.82, 2.24) is 9.80 Å². The van der Waals surface area contributed by atoms with Gasteiger partial charge in [0.15, 0.2) is 0 Å². The summed E-state index contributed by atoms with van der Waals surface area (Å²) in [5, 5.41) is 0. The molecule has 0 radical (unpaired) electrons. The number of unbranched alkanes of at least 4 members (excludes halogenated alkanes) is 3. The molecule has 0 bridgehead atoms. The van der Waals surface area contributed by atoms with Gasteiger partial charge in [-0.25, -0.2) is 0 Å². The number of nitrogens with two attached hydrogens (primary N) is 1. The molecule has 1 aliphatic rings. The van der Waals surface area contributed by atoms with Crippen LogP contribution in [-0.4, -0.2) is 55.6 Å². The van der Waals surface area contributed by atoms with Gasteiger partial charge in [-0.05, 0) is 59.4 Å². The van der Waals surface area contributed by atoms with Crippen molar-refractivity contribution in [3.05, 3.63) is 0 Å². The highest BCUT2D eigenvalue weighted by molar-refractivity contribution is 4.74. The number of rotatable bonds is 6. The average molecular weight is 227 g/mol. The molecule has 1 atom stereocenters. The van der Waals surface area contributed by atoms with Crippen molar-refractivity contribution in [3.63, 3.8) is 0 Å². The maximum Gasteiger partial charge on any atom is 0.0194 e. The van der Waals surface area contributed by atoms with Gasteiger partial charge >= 0.3 is 0 Å². The fourth-order valence-corrected chi connectivity index (χ4v) is 2.57. The lowest BCUT2D eigenvalue weighted by Gasteiger charge is -2.27. The summed E-state index contributed by atoms with van der Waals surface area (Å²) in [5.74, 6) is 0. The van der Waals surface area contributed by atoms with Crippen LogP contribution in [-0.2, 0) is 0 Å². The Morgan fingerprint density at radius 1 is 1.12 bits per heavy atom. The topological polar surface area (TPSA) is 32.5 Å². The maximum atomic E-state index is 5.50. The molecule has 0 aromatic rings. The molecule has 0 aliphatic carbocycles. The van der Waals surface area contributed by atoms with E-state index in [9.17, 15) is 0 Å². The summed E-state index contributed by atoms with van der Waals surface area (Å²) in [6, 6.07) is 0.724. The van der Waals surface area contributed by atoms with E-state index in [-0.39, 0.29) is 0 Å². The van der Waals surface area contributed by atoms with Crippen LogP contribution in [0.15, 0.2) is 0 Å². The second-order valence-corrected chi connectivity index (χ2v) is 5.20. The zero-order valence-corrected chi connectivity index (χ0v) is 11.1. The maximum absolute atomic E-state index is 5.50. The molecule has 0 aromatic heterocycles. The summed E-state index contributed by atoms with van der Waals surface area (Å²) in [4.78, 5) is 5.12. The van der Waals surface area contributed by atoms with Crippen LogP contribution in [0.2, 0.25) is 0 Å². The van der Waals surface area contributed by atoms with Crippen molar-refractivity contribution in [1.29, 1.82) is 0 Å². The molecule has 1 fully saturated rings. The van der Waals surface area contributed by atoms with Gasteiger partial charge in [0.05, 0.1) is 0 Å². The highest BCUT2D eigenvalue weighted by Crippen LogP contribution is 2.10. The molecule has 1 saturated heterocycles. The third-order valence-corrected chi connectivity index (χ3v) is 3.58. The number of hydrogen-bond acceptors (Lipinski definition) is 3. The van der Waals surface area contributed by atoms with Crippen molar-refractivity contribution in [3.8, 4) is 0 Å². The largest absolute Gasteiger partial charge is 0.330 e. The van der Waals surface area contributed by atoms with E-state index >= 15 is 0 Å². The zero-order chi connectivity index (χ0) is 11.8. The second-order valence-electron chi connectivity index (χ2n) is 5.20. The van der Waals surface area contributed by atoms with Gasteiger partial charge in [-0.2, -0.15) is 0 Å². The molecule has 1 aliphatic heterocycles. The minimum atomic E-state index is 0.724. The van der Waals surface area contributed by atoms with Crippen LogP contribution in [0.3, 0.4) is 0 Å². The fraction of sp³-hybridized carbons (Fsp3) is 1.00. The number of likely N-dealkylation sites (N-methyl/N-ethyl adjacent to an activating group) is 1. The molecule has 1 unspecified atom stereocenters. The first-order valence-electron chi connectivity index (χ1n) is 6.86. The van der Waals surface area contributed by atoms with Gasteiger partial charge in [0.25, 0.3) is 0 Å². The normalized spacial score (nSPS) is 24.6. The minimum Gasteiger partial charge on any atom is -0.330 e. The first kappa shape index (κ1) is 13.9. The van der Waals surface area contributed by atoms with E-state index in [2.05, 4.69) is 23.8 Å². The highest BCUT2D eigenvalue weighted by Gasteiger charge is 2.18. The third kappa shape index (κ3) is 5.28. The summed E-state index contributed by atoms with van der Waals surface area (Å²) in [6.45, 7) is 8.26. The predicted octanol–water partition coefficient (Wildman–Crippen LogP) is 1.53. The highest BCUT2D eigenvalue weighted by atomic mass is 15.2. The van der Waals surface area contributed by atoms with E-state index in [0.29, 0.717) is 0 Å². The summed E-state index contributed by atoms with van der Waals surface area (Å²) < 4.78 is 0. The minimum absolute atomic E-state index is 0.724. The Morgan fingerprint density at radius 2 is 1.88 bits per heavy atom. The van der Waals surface area contributed by atoms with Crippen LogP contribution in [0.1, 0.15) is 39.0 Å². The van der Waals surface area contributed by atoms with Crippen LogP contribution < -0.4 is 5.73 Å². The first-order chi connectivity index (χ1) is 7.74. The van der Waals surface area contributed by atoms with Crippen molar-refractivity contribution in [2.45, 2.75) is 45.1 Å². The van der Waals surface area contributed by atoms with Crippen molar-refractivity contribution < 1.29 is 0 Å². The van der Waals surface area contributed by atoms with Crippen LogP contribution in [0.4, 0.5) is 0 Å². The Morgan fingerprint density at radius 3 is 2.62 bits per heavy atom. The lowest BCUT2D eigenvalue weighted by Crippen LogP contribution is -2.38. The standard InChI is InChI=1S/C13H29N3/c1-13-12-15(2)9-7-11-16(13)10-6-4-3-5-8-14/h13H,3-12,14H2,1-2H3. The van der Waals surface area contributed by atoms with E-state index in [1.165, 1.54) is 58.3 Å². The summed E-state index contributed by atoms with van der Waals surface area (Å²) >= 11 is 0. The molecule has 16 heavy (non-hydrogen) atoms. The number of hydrogen-bond donors (Lipinski definition) is 1. The van der Waals surface area contributed by atoms with Gasteiger partial charge in [0, 0.05) is 12.6 Å². The van der Waals surface area contributed by atoms with Crippen LogP contribution in [0, 0.1) is 0 Å². The van der Waals surface area contributed by atoms with Crippen LogP contribution in [0.25, 0.3) is 0 Å². The lowest BCUT2D eigenvalue weighted by atomic mass is 10.1. The molecule has 0 spiro atoms. The van der Waals surface area contributed by atoms with Crippen LogP contribution in [0.5, 0.6) is 0 Å². The number of nitrogens with zero attached hydrogens (tertiary/aromatic N) is 2. The van der Waals surface area contributed by atoms with E-state index < -0.39 is 0 Å². The van der Waals surface area contributed by atoms with Crippen molar-refractivity contribution in [2.75, 3.05) is 39.8 Å². The molecule has 1 heterocycles. The van der Waals surface area contributed by atoms with E-state index in [4.69, 9.17) is 5.73 Å². The molecule has 3 heteroatoms. The fourth-order valence-electron chi connectivity index (χ4n) is 2.57. The van der Waals surface area contributed by atoms with Gasteiger partial charge in [-0.15, -0.1) is 0 Å². The van der Waals surface area contributed by atoms with E-state index in [0.717, 1.165) is 12.6 Å². The Hall–Kier alpha value is -0.120. The van der Waals surface area contributed by atoms with Gasteiger partial charge < -0.3 is 10.6 Å². The average Bonchev–Trinajstić information content (AvgIpc) is 2.40. The second kappa shape index (κ2) is 8.04. The molecule has 1 rings (SSSR count). The quantitative estimate of drug-likeness (QED) is 0.699. The van der Waals surface area contributed by atoms with Crippen molar-refractivity contribution >= 4 is 0 Å². The van der Waals surface area contributed by atoms with Gasteiger partial charge in [-0.1, -0.05) is 12.8 Å². The molecular weight excluding hydrogens is 198 g/mol. The SMILES string of the molecule is CC1CN(C)CCCN1CCCCCCN. The molecule has 0 saturated carbocycles. The van der Waals surface area contributed by atoms with Gasteiger partial charge in [-0.3, -0.25) is 4.90 Å². The Bertz CT molecular complexity index is 173. The Kier molecular flexibility index (Phi) is 7.01. The first-order valence-corrected chi connectivity index (χ1v) is 6.86. The monoisotopic (exact) mass is 227 g/mol. The summed E-state index contributed by atoms with van der Waals surface area (Å²) in [5.41, 5.74) is 5.50. The lowest BCUT2D eigenvalue weighted by molar-refractivity contribution is 0.198. The van der Waals surface area contributed by atoms with E-state index in [1.807, 2.05) is 0 Å². The molecule has 0 amide bonds. The summed E-state index contributed by atoms with van der Waals surface area (Å²) in [6.07, 6.45) is 6.50. The predicted molar refractivity (Wildman–Crippen MR) is 70.7 cm³/mol. The molecule has 0 aromatic carbocycles. The van der Waals surface area contributed by atoms with Gasteiger partial charge in [0.1, 0.15) is 0 Å². The molecule has 3 nitrogen and oxygen atoms in total.